The predicted molar refractivity (Wildman–Crippen MR) is 229 cm³/mol. The van der Waals surface area contributed by atoms with Gasteiger partial charge in [-0.3, -0.25) is 4.57 Å². The number of nitrogens with zero attached hydrogens (tertiary/aromatic N) is 4. The van der Waals surface area contributed by atoms with Crippen LogP contribution in [0.3, 0.4) is 0 Å². The van der Waals surface area contributed by atoms with E-state index >= 15 is 0 Å². The Labute approximate surface area is 315 Å². The lowest BCUT2D eigenvalue weighted by Crippen LogP contribution is -2.14. The van der Waals surface area contributed by atoms with Crippen molar-refractivity contribution in [1.29, 1.82) is 0 Å². The van der Waals surface area contributed by atoms with E-state index in [4.69, 9.17) is 9.97 Å². The molecule has 256 valence electrons. The van der Waals surface area contributed by atoms with Gasteiger partial charge in [0.25, 0.3) is 0 Å². The lowest BCUT2D eigenvalue weighted by atomic mass is 9.82. The van der Waals surface area contributed by atoms with Gasteiger partial charge < -0.3 is 4.40 Å². The van der Waals surface area contributed by atoms with Crippen LogP contribution in [0, 0.1) is 0 Å². The van der Waals surface area contributed by atoms with Crippen LogP contribution in [-0.4, -0.2) is 18.9 Å². The minimum Gasteiger partial charge on any atom is -0.308 e. The first-order valence-electron chi connectivity index (χ1n) is 19.1. The molecule has 0 saturated carbocycles. The summed E-state index contributed by atoms with van der Waals surface area (Å²) >= 11 is 0. The molecule has 12 aromatic rings. The predicted octanol–water partition coefficient (Wildman–Crippen LogP) is 13.0. The number of hydrogen-bond acceptors (Lipinski definition) is 2. The molecule has 0 spiro atoms. The highest BCUT2D eigenvalue weighted by Gasteiger charge is 2.36. The maximum atomic E-state index is 5.51. The van der Waals surface area contributed by atoms with E-state index in [-0.39, 0.29) is 5.41 Å². The summed E-state index contributed by atoms with van der Waals surface area (Å²) in [5.41, 5.74) is 14.2. The third-order valence-corrected chi connectivity index (χ3v) is 12.6. The molecular formula is C51H32N4. The Morgan fingerprint density at radius 1 is 0.455 bits per heavy atom. The van der Waals surface area contributed by atoms with Crippen molar-refractivity contribution in [2.24, 2.45) is 0 Å². The fourth-order valence-corrected chi connectivity index (χ4v) is 10.2. The lowest BCUT2D eigenvalue weighted by molar-refractivity contribution is 0.661. The zero-order valence-electron chi connectivity index (χ0n) is 30.3. The number of hydrogen-bond donors (Lipinski definition) is 0. The molecule has 0 fully saturated rings. The molecule has 0 unspecified atom stereocenters. The summed E-state index contributed by atoms with van der Waals surface area (Å²) in [6.45, 7) is 4.74. The van der Waals surface area contributed by atoms with Gasteiger partial charge in [0.05, 0.1) is 38.8 Å². The van der Waals surface area contributed by atoms with E-state index < -0.39 is 0 Å². The molecule has 0 atom stereocenters. The smallest absolute Gasteiger partial charge is 0.235 e. The van der Waals surface area contributed by atoms with E-state index in [9.17, 15) is 0 Å². The SMILES string of the molecule is CC1(C)c2ccccc2-c2cc3c4cccc5c6cccc7c6c6c(cccc6n(c3cc21)c54)n7-c1nc(-c2ccccc2)c2c(ccc3ccccc32)n1. The number of para-hydroxylation sites is 1. The van der Waals surface area contributed by atoms with Gasteiger partial charge in [0.1, 0.15) is 0 Å². The van der Waals surface area contributed by atoms with Crippen LogP contribution in [0.4, 0.5) is 0 Å². The third-order valence-electron chi connectivity index (χ3n) is 12.6. The quantitative estimate of drug-likeness (QED) is 0.168. The highest BCUT2D eigenvalue weighted by atomic mass is 15.2. The van der Waals surface area contributed by atoms with E-state index in [2.05, 4.69) is 181 Å². The van der Waals surface area contributed by atoms with Gasteiger partial charge in [-0.25, -0.2) is 9.97 Å². The molecule has 4 heterocycles. The molecule has 4 nitrogen and oxygen atoms in total. The Morgan fingerprint density at radius 2 is 1.15 bits per heavy atom. The van der Waals surface area contributed by atoms with Crippen LogP contribution in [0.2, 0.25) is 0 Å². The van der Waals surface area contributed by atoms with Crippen molar-refractivity contribution in [2.75, 3.05) is 0 Å². The Hall–Kier alpha value is -7.04. The monoisotopic (exact) mass is 700 g/mol. The second-order valence-electron chi connectivity index (χ2n) is 15.7. The minimum atomic E-state index is -0.106. The van der Waals surface area contributed by atoms with E-state index in [0.29, 0.717) is 5.95 Å². The molecule has 1 aliphatic carbocycles. The lowest BCUT2D eigenvalue weighted by Gasteiger charge is -2.21. The van der Waals surface area contributed by atoms with Crippen LogP contribution in [0.15, 0.2) is 158 Å². The van der Waals surface area contributed by atoms with Crippen LogP contribution in [0.25, 0.3) is 110 Å². The normalized spacial score (nSPS) is 13.8. The zero-order chi connectivity index (χ0) is 36.2. The number of benzene rings is 8. The van der Waals surface area contributed by atoms with Crippen molar-refractivity contribution in [3.63, 3.8) is 0 Å². The van der Waals surface area contributed by atoms with Gasteiger partial charge in [-0.05, 0) is 74.8 Å². The summed E-state index contributed by atoms with van der Waals surface area (Å²) in [7, 11) is 0. The second kappa shape index (κ2) is 10.1. The molecule has 4 heteroatoms. The first kappa shape index (κ1) is 29.4. The van der Waals surface area contributed by atoms with Gasteiger partial charge in [0, 0.05) is 43.3 Å². The highest BCUT2D eigenvalue weighted by Crippen LogP contribution is 2.52. The van der Waals surface area contributed by atoms with Crippen molar-refractivity contribution < 1.29 is 0 Å². The molecule has 1 aliphatic rings. The molecule has 0 bridgehead atoms. The van der Waals surface area contributed by atoms with Crippen molar-refractivity contribution >= 4 is 81.6 Å². The third kappa shape index (κ3) is 3.62. The summed E-state index contributed by atoms with van der Waals surface area (Å²) in [4.78, 5) is 10.9. The topological polar surface area (TPSA) is 35.1 Å². The van der Waals surface area contributed by atoms with Gasteiger partial charge in [-0.2, -0.15) is 0 Å². The van der Waals surface area contributed by atoms with Crippen LogP contribution in [0.1, 0.15) is 25.0 Å². The molecule has 4 aromatic heterocycles. The van der Waals surface area contributed by atoms with Crippen LogP contribution < -0.4 is 0 Å². The molecule has 0 amide bonds. The van der Waals surface area contributed by atoms with Gasteiger partial charge in [0.2, 0.25) is 5.95 Å². The summed E-state index contributed by atoms with van der Waals surface area (Å²) in [6, 6.07) is 57.7. The van der Waals surface area contributed by atoms with Gasteiger partial charge in [0.15, 0.2) is 0 Å². The summed E-state index contributed by atoms with van der Waals surface area (Å²) in [5, 5.41) is 10.9. The largest absolute Gasteiger partial charge is 0.308 e. The van der Waals surface area contributed by atoms with Crippen molar-refractivity contribution in [1.82, 2.24) is 18.9 Å². The van der Waals surface area contributed by atoms with E-state index in [1.807, 2.05) is 0 Å². The van der Waals surface area contributed by atoms with Crippen LogP contribution >= 0.6 is 0 Å². The summed E-state index contributed by atoms with van der Waals surface area (Å²) < 4.78 is 4.85. The molecule has 0 saturated heterocycles. The van der Waals surface area contributed by atoms with Crippen LogP contribution in [-0.2, 0) is 5.41 Å². The van der Waals surface area contributed by atoms with Gasteiger partial charge in [-0.1, -0.05) is 135 Å². The molecule has 13 rings (SSSR count). The van der Waals surface area contributed by atoms with Crippen molar-refractivity contribution in [2.45, 2.75) is 19.3 Å². The Morgan fingerprint density at radius 3 is 2.04 bits per heavy atom. The Bertz CT molecular complexity index is 3620. The van der Waals surface area contributed by atoms with Crippen molar-refractivity contribution in [3.8, 4) is 28.3 Å². The summed E-state index contributed by atoms with van der Waals surface area (Å²) in [5.74, 6) is 0.671. The van der Waals surface area contributed by atoms with Crippen molar-refractivity contribution in [3.05, 3.63) is 169 Å². The van der Waals surface area contributed by atoms with E-state index in [0.717, 1.165) is 38.6 Å². The maximum Gasteiger partial charge on any atom is 0.235 e. The number of fused-ring (bicyclic) bond motifs is 11. The van der Waals surface area contributed by atoms with Crippen LogP contribution in [0.5, 0.6) is 0 Å². The molecule has 0 N–H and O–H groups in total. The fraction of sp³-hybridized carbons (Fsp3) is 0.0588. The Kier molecular flexibility index (Phi) is 5.42. The molecule has 0 aliphatic heterocycles. The standard InChI is InChI=1S/C51H32N4/c1-51(2)38-21-9-8-17-32(38)36-27-37-35-20-10-19-34-33-18-11-22-41-46(33)47-42(54(49(34)35)44(37)28-39(36)51)23-12-24-43(47)55(41)50-52-40-26-25-29-13-6-7-16-31(29)45(40)48(53-50)30-14-4-3-5-15-30/h3-28H,1-2H3. The maximum absolute atomic E-state index is 5.51. The van der Waals surface area contributed by atoms with Gasteiger partial charge in [-0.15, -0.1) is 0 Å². The average molecular weight is 701 g/mol. The molecule has 0 radical (unpaired) electrons. The average Bonchev–Trinajstić information content (AvgIpc) is 3.79. The van der Waals surface area contributed by atoms with Gasteiger partial charge >= 0.3 is 0 Å². The zero-order valence-corrected chi connectivity index (χ0v) is 30.3. The summed E-state index contributed by atoms with van der Waals surface area (Å²) in [6.07, 6.45) is 0. The van der Waals surface area contributed by atoms with E-state index in [1.54, 1.807) is 0 Å². The molecular weight excluding hydrogens is 669 g/mol. The number of aromatic nitrogens is 4. The molecule has 8 aromatic carbocycles. The Balaban J connectivity index is 1.20. The fourth-order valence-electron chi connectivity index (χ4n) is 10.2. The minimum absolute atomic E-state index is 0.106. The second-order valence-corrected chi connectivity index (χ2v) is 15.7. The first-order valence-corrected chi connectivity index (χ1v) is 19.1. The molecule has 55 heavy (non-hydrogen) atoms. The first-order chi connectivity index (χ1) is 27.1. The highest BCUT2D eigenvalue weighted by molar-refractivity contribution is 6.31. The number of rotatable bonds is 2. The van der Waals surface area contributed by atoms with E-state index in [1.165, 1.54) is 76.5 Å².